The molecule has 0 amide bonds. The van der Waals surface area contributed by atoms with Crippen LogP contribution in [0.5, 0.6) is 0 Å². The summed E-state index contributed by atoms with van der Waals surface area (Å²) < 4.78 is 5.50. The average Bonchev–Trinajstić information content (AvgIpc) is 2.61. The smallest absolute Gasteiger partial charge is 0.149 e. The molecule has 0 aliphatic carbocycles. The third-order valence-electron chi connectivity index (χ3n) is 3.28. The summed E-state index contributed by atoms with van der Waals surface area (Å²) in [6.07, 6.45) is 1.92. The number of hydrogen-bond acceptors (Lipinski definition) is 3. The number of ketones is 1. The number of hydrogen-bond donors (Lipinski definition) is 0. The fraction of sp³-hybridized carbons (Fsp3) is 0.909. The Morgan fingerprint density at radius 1 is 1.64 bits per heavy atom. The van der Waals surface area contributed by atoms with Crippen LogP contribution in [0.15, 0.2) is 0 Å². The molecule has 3 atom stereocenters. The van der Waals surface area contributed by atoms with E-state index < -0.39 is 0 Å². The van der Waals surface area contributed by atoms with Crippen molar-refractivity contribution in [3.05, 3.63) is 0 Å². The lowest BCUT2D eigenvalue weighted by Crippen LogP contribution is -2.45. The third kappa shape index (κ3) is 2.34. The van der Waals surface area contributed by atoms with Gasteiger partial charge in [-0.05, 0) is 27.3 Å². The van der Waals surface area contributed by atoms with Gasteiger partial charge in [-0.3, -0.25) is 9.69 Å². The highest BCUT2D eigenvalue weighted by atomic mass is 16.5. The molecule has 1 fully saturated rings. The second-order valence-corrected chi connectivity index (χ2v) is 4.09. The predicted molar refractivity (Wildman–Crippen MR) is 56.3 cm³/mol. The van der Waals surface area contributed by atoms with E-state index in [0.717, 1.165) is 13.0 Å². The minimum atomic E-state index is 0.0224. The molecule has 0 radical (unpaired) electrons. The molecule has 1 aliphatic heterocycles. The molecule has 3 unspecified atom stereocenters. The van der Waals surface area contributed by atoms with Crippen molar-refractivity contribution in [2.75, 3.05) is 13.7 Å². The van der Waals surface area contributed by atoms with Gasteiger partial charge in [-0.1, -0.05) is 6.92 Å². The highest BCUT2D eigenvalue weighted by molar-refractivity contribution is 5.83. The molecule has 0 bridgehead atoms. The summed E-state index contributed by atoms with van der Waals surface area (Å²) in [6.45, 7) is 6.80. The standard InChI is InChI=1S/C11H21NO2/c1-5-11(13)8(2)12(4)10-6-7-14-9(10)3/h8-10H,5-7H2,1-4H3. The number of nitrogens with zero attached hydrogens (tertiary/aromatic N) is 1. The minimum Gasteiger partial charge on any atom is -0.377 e. The lowest BCUT2D eigenvalue weighted by atomic mass is 10.1. The first-order valence-electron chi connectivity index (χ1n) is 5.44. The zero-order valence-corrected chi connectivity index (χ0v) is 9.62. The monoisotopic (exact) mass is 199 g/mol. The third-order valence-corrected chi connectivity index (χ3v) is 3.28. The van der Waals surface area contributed by atoms with Gasteiger partial charge in [0.1, 0.15) is 5.78 Å². The Kier molecular flexibility index (Phi) is 4.08. The Hall–Kier alpha value is -0.410. The molecule has 1 heterocycles. The lowest BCUT2D eigenvalue weighted by molar-refractivity contribution is -0.124. The topological polar surface area (TPSA) is 29.5 Å². The van der Waals surface area contributed by atoms with E-state index in [-0.39, 0.29) is 12.1 Å². The van der Waals surface area contributed by atoms with Crippen molar-refractivity contribution in [2.24, 2.45) is 0 Å². The average molecular weight is 199 g/mol. The normalized spacial score (nSPS) is 29.5. The molecule has 0 aromatic rings. The van der Waals surface area contributed by atoms with E-state index >= 15 is 0 Å². The molecular formula is C11H21NO2. The van der Waals surface area contributed by atoms with Crippen LogP contribution < -0.4 is 0 Å². The number of carbonyl (C=O) groups is 1. The molecule has 3 nitrogen and oxygen atoms in total. The van der Waals surface area contributed by atoms with E-state index in [4.69, 9.17) is 4.74 Å². The van der Waals surface area contributed by atoms with Gasteiger partial charge in [0.2, 0.25) is 0 Å². The number of carbonyl (C=O) groups excluding carboxylic acids is 1. The highest BCUT2D eigenvalue weighted by Crippen LogP contribution is 2.20. The Morgan fingerprint density at radius 3 is 2.71 bits per heavy atom. The van der Waals surface area contributed by atoms with Crippen molar-refractivity contribution < 1.29 is 9.53 Å². The van der Waals surface area contributed by atoms with Crippen molar-refractivity contribution in [3.63, 3.8) is 0 Å². The molecule has 0 N–H and O–H groups in total. The minimum absolute atomic E-state index is 0.0224. The first-order chi connectivity index (χ1) is 6.57. The van der Waals surface area contributed by atoms with Gasteiger partial charge in [0, 0.05) is 19.1 Å². The van der Waals surface area contributed by atoms with Crippen LogP contribution in [-0.2, 0) is 9.53 Å². The molecule has 3 heteroatoms. The molecule has 0 spiro atoms. The van der Waals surface area contributed by atoms with Crippen molar-refractivity contribution in [1.29, 1.82) is 0 Å². The molecule has 1 saturated heterocycles. The van der Waals surface area contributed by atoms with Crippen LogP contribution in [0.4, 0.5) is 0 Å². The van der Waals surface area contributed by atoms with Crippen LogP contribution in [0.3, 0.4) is 0 Å². The fourth-order valence-corrected chi connectivity index (χ4v) is 2.06. The summed E-state index contributed by atoms with van der Waals surface area (Å²) in [6, 6.07) is 0.426. The van der Waals surface area contributed by atoms with Gasteiger partial charge in [-0.15, -0.1) is 0 Å². The quantitative estimate of drug-likeness (QED) is 0.686. The van der Waals surface area contributed by atoms with Crippen LogP contribution in [0, 0.1) is 0 Å². The molecule has 82 valence electrons. The summed E-state index contributed by atoms with van der Waals surface area (Å²) in [5.74, 6) is 0.312. The molecule has 14 heavy (non-hydrogen) atoms. The lowest BCUT2D eigenvalue weighted by Gasteiger charge is -2.31. The summed E-state index contributed by atoms with van der Waals surface area (Å²) in [5.41, 5.74) is 0. The SMILES string of the molecule is CCC(=O)C(C)N(C)C1CCOC1C. The number of ether oxygens (including phenoxy) is 1. The van der Waals surface area contributed by atoms with E-state index in [1.165, 1.54) is 0 Å². The van der Waals surface area contributed by atoms with Gasteiger partial charge in [-0.2, -0.15) is 0 Å². The second kappa shape index (κ2) is 4.89. The van der Waals surface area contributed by atoms with Crippen molar-refractivity contribution >= 4 is 5.78 Å². The second-order valence-electron chi connectivity index (χ2n) is 4.09. The Morgan fingerprint density at radius 2 is 2.29 bits per heavy atom. The van der Waals surface area contributed by atoms with E-state index in [1.54, 1.807) is 0 Å². The van der Waals surface area contributed by atoms with E-state index in [1.807, 2.05) is 20.9 Å². The predicted octanol–water partition coefficient (Wildman–Crippen LogP) is 1.46. The maximum absolute atomic E-state index is 11.5. The molecule has 1 aliphatic rings. The largest absolute Gasteiger partial charge is 0.377 e. The van der Waals surface area contributed by atoms with Crippen molar-refractivity contribution in [3.8, 4) is 0 Å². The maximum Gasteiger partial charge on any atom is 0.149 e. The van der Waals surface area contributed by atoms with Crippen LogP contribution >= 0.6 is 0 Å². The molecule has 0 aromatic carbocycles. The van der Waals surface area contributed by atoms with Crippen molar-refractivity contribution in [2.45, 2.75) is 51.8 Å². The first kappa shape index (κ1) is 11.7. The van der Waals surface area contributed by atoms with Crippen LogP contribution in [0.2, 0.25) is 0 Å². The number of likely N-dealkylation sites (N-methyl/N-ethyl adjacent to an activating group) is 1. The van der Waals surface area contributed by atoms with E-state index in [9.17, 15) is 4.79 Å². The summed E-state index contributed by atoms with van der Waals surface area (Å²) in [5, 5.41) is 0. The van der Waals surface area contributed by atoms with E-state index in [0.29, 0.717) is 18.2 Å². The van der Waals surface area contributed by atoms with Gasteiger partial charge in [0.05, 0.1) is 12.1 Å². The Bertz CT molecular complexity index is 205. The molecular weight excluding hydrogens is 178 g/mol. The van der Waals surface area contributed by atoms with Gasteiger partial charge in [0.15, 0.2) is 0 Å². The van der Waals surface area contributed by atoms with Gasteiger partial charge in [-0.25, -0.2) is 0 Å². The van der Waals surface area contributed by atoms with Crippen LogP contribution in [-0.4, -0.2) is 42.5 Å². The Labute approximate surface area is 86.4 Å². The van der Waals surface area contributed by atoms with E-state index in [2.05, 4.69) is 11.8 Å². The molecule has 0 saturated carbocycles. The van der Waals surface area contributed by atoms with Gasteiger partial charge < -0.3 is 4.74 Å². The summed E-state index contributed by atoms with van der Waals surface area (Å²) in [4.78, 5) is 13.7. The van der Waals surface area contributed by atoms with Crippen LogP contribution in [0.25, 0.3) is 0 Å². The number of rotatable bonds is 4. The highest BCUT2D eigenvalue weighted by Gasteiger charge is 2.31. The first-order valence-corrected chi connectivity index (χ1v) is 5.44. The molecule has 1 rings (SSSR count). The fourth-order valence-electron chi connectivity index (χ4n) is 2.06. The zero-order chi connectivity index (χ0) is 10.7. The maximum atomic E-state index is 11.5. The van der Waals surface area contributed by atoms with Gasteiger partial charge in [0.25, 0.3) is 0 Å². The summed E-state index contributed by atoms with van der Waals surface area (Å²) >= 11 is 0. The summed E-state index contributed by atoms with van der Waals surface area (Å²) in [7, 11) is 2.02. The molecule has 0 aromatic heterocycles. The van der Waals surface area contributed by atoms with Crippen LogP contribution in [0.1, 0.15) is 33.6 Å². The zero-order valence-electron chi connectivity index (χ0n) is 9.62. The van der Waals surface area contributed by atoms with Gasteiger partial charge >= 0.3 is 0 Å². The Balaban J connectivity index is 2.55. The number of Topliss-reactive ketones (excluding diaryl/α,β-unsaturated/α-hetero) is 1. The van der Waals surface area contributed by atoms with Crippen molar-refractivity contribution in [1.82, 2.24) is 4.90 Å².